The second-order valence-corrected chi connectivity index (χ2v) is 7.52. The molecule has 1 aromatic rings. The van der Waals surface area contributed by atoms with E-state index < -0.39 is 9.84 Å². The molecule has 2 rings (SSSR count). The van der Waals surface area contributed by atoms with Crippen LogP contribution in [0.1, 0.15) is 13.3 Å². The number of nitrogens with zero attached hydrogens (tertiary/aromatic N) is 1. The van der Waals surface area contributed by atoms with Crippen LogP contribution in [-0.4, -0.2) is 32.6 Å². The maximum absolute atomic E-state index is 12.1. The van der Waals surface area contributed by atoms with Crippen molar-refractivity contribution in [2.24, 2.45) is 5.92 Å². The fourth-order valence-electron chi connectivity index (χ4n) is 2.31. The van der Waals surface area contributed by atoms with E-state index in [1.165, 1.54) is 0 Å². The summed E-state index contributed by atoms with van der Waals surface area (Å²) in [6.07, 6.45) is 1.12. The Balaban J connectivity index is 2.35. The number of alkyl halides is 1. The number of anilines is 1. The molecule has 0 aliphatic carbocycles. The Kier molecular flexibility index (Phi) is 4.33. The van der Waals surface area contributed by atoms with Crippen LogP contribution >= 0.6 is 15.9 Å². The zero-order chi connectivity index (χ0) is 13.2. The van der Waals surface area contributed by atoms with Gasteiger partial charge in [0.15, 0.2) is 9.84 Å². The summed E-state index contributed by atoms with van der Waals surface area (Å²) in [6.45, 7) is 3.56. The van der Waals surface area contributed by atoms with Crippen molar-refractivity contribution >= 4 is 31.5 Å². The molecule has 1 heterocycles. The summed E-state index contributed by atoms with van der Waals surface area (Å²) in [5, 5.41) is 0.978. The van der Waals surface area contributed by atoms with Gasteiger partial charge in [0, 0.05) is 18.4 Å². The van der Waals surface area contributed by atoms with Crippen LogP contribution in [0.5, 0.6) is 0 Å². The minimum Gasteiger partial charge on any atom is -0.370 e. The van der Waals surface area contributed by atoms with E-state index in [0.29, 0.717) is 10.8 Å². The lowest BCUT2D eigenvalue weighted by Crippen LogP contribution is -2.22. The number of hydrogen-bond donors (Lipinski definition) is 0. The summed E-state index contributed by atoms with van der Waals surface area (Å²) < 4.78 is 24.2. The highest BCUT2D eigenvalue weighted by Gasteiger charge is 2.26. The Bertz CT molecular complexity index is 515. The molecule has 1 fully saturated rings. The van der Waals surface area contributed by atoms with Crippen LogP contribution in [0.4, 0.5) is 5.69 Å². The average molecular weight is 332 g/mol. The molecule has 0 spiro atoms. The van der Waals surface area contributed by atoms with E-state index in [-0.39, 0.29) is 5.75 Å². The molecule has 18 heavy (non-hydrogen) atoms. The van der Waals surface area contributed by atoms with Crippen molar-refractivity contribution < 1.29 is 8.42 Å². The Labute approximate surface area is 117 Å². The molecule has 0 saturated carbocycles. The monoisotopic (exact) mass is 331 g/mol. The first-order valence-corrected chi connectivity index (χ1v) is 8.98. The van der Waals surface area contributed by atoms with Gasteiger partial charge in [-0.05, 0) is 24.5 Å². The number of halogens is 1. The van der Waals surface area contributed by atoms with E-state index in [4.69, 9.17) is 0 Å². The van der Waals surface area contributed by atoms with E-state index in [0.717, 1.165) is 30.5 Å². The molecule has 100 valence electrons. The lowest BCUT2D eigenvalue weighted by Gasteiger charge is -2.21. The molecule has 1 aliphatic rings. The Morgan fingerprint density at radius 1 is 1.39 bits per heavy atom. The van der Waals surface area contributed by atoms with Crippen molar-refractivity contribution in [1.29, 1.82) is 0 Å². The highest BCUT2D eigenvalue weighted by atomic mass is 79.9. The van der Waals surface area contributed by atoms with Gasteiger partial charge >= 0.3 is 0 Å². The molecule has 0 aromatic heterocycles. The normalized spacial score (nSPS) is 20.3. The van der Waals surface area contributed by atoms with Gasteiger partial charge < -0.3 is 4.90 Å². The first kappa shape index (κ1) is 13.9. The van der Waals surface area contributed by atoms with Crippen molar-refractivity contribution in [3.8, 4) is 0 Å². The maximum Gasteiger partial charge on any atom is 0.180 e. The van der Waals surface area contributed by atoms with E-state index in [2.05, 4.69) is 20.8 Å². The van der Waals surface area contributed by atoms with Gasteiger partial charge in [-0.25, -0.2) is 8.42 Å². The number of benzene rings is 1. The van der Waals surface area contributed by atoms with Crippen LogP contribution in [-0.2, 0) is 9.84 Å². The summed E-state index contributed by atoms with van der Waals surface area (Å²) >= 11 is 3.50. The number of sulfone groups is 1. The zero-order valence-corrected chi connectivity index (χ0v) is 12.9. The standard InChI is InChI=1S/C13H18BrNO2S/c1-2-18(16,17)13-6-4-3-5-12(13)15-8-7-11(9-14)10-15/h3-6,11H,2,7-10H2,1H3. The number of para-hydroxylation sites is 1. The van der Waals surface area contributed by atoms with Crippen LogP contribution in [0.3, 0.4) is 0 Å². The van der Waals surface area contributed by atoms with Crippen molar-refractivity contribution in [3.05, 3.63) is 24.3 Å². The molecular formula is C13H18BrNO2S. The third-order valence-corrected chi connectivity index (χ3v) is 6.12. The number of rotatable bonds is 4. The van der Waals surface area contributed by atoms with Crippen LogP contribution in [0.2, 0.25) is 0 Å². The maximum atomic E-state index is 12.1. The lowest BCUT2D eigenvalue weighted by atomic mass is 10.2. The van der Waals surface area contributed by atoms with Gasteiger partial charge in [-0.2, -0.15) is 0 Å². The molecule has 3 nitrogen and oxygen atoms in total. The van der Waals surface area contributed by atoms with Crippen molar-refractivity contribution in [2.45, 2.75) is 18.2 Å². The SMILES string of the molecule is CCS(=O)(=O)c1ccccc1N1CCC(CBr)C1. The summed E-state index contributed by atoms with van der Waals surface area (Å²) in [7, 11) is -3.14. The molecule has 0 amide bonds. The second kappa shape index (κ2) is 5.61. The fraction of sp³-hybridized carbons (Fsp3) is 0.538. The minimum absolute atomic E-state index is 0.153. The Morgan fingerprint density at radius 3 is 2.72 bits per heavy atom. The summed E-state index contributed by atoms with van der Waals surface area (Å²) in [4.78, 5) is 2.66. The molecule has 0 N–H and O–H groups in total. The predicted molar refractivity (Wildman–Crippen MR) is 78.3 cm³/mol. The van der Waals surface area contributed by atoms with Crippen molar-refractivity contribution in [1.82, 2.24) is 0 Å². The quantitative estimate of drug-likeness (QED) is 0.796. The molecule has 5 heteroatoms. The first-order valence-electron chi connectivity index (χ1n) is 6.21. The minimum atomic E-state index is -3.14. The van der Waals surface area contributed by atoms with E-state index >= 15 is 0 Å². The summed E-state index contributed by atoms with van der Waals surface area (Å²) in [5.74, 6) is 0.766. The van der Waals surface area contributed by atoms with E-state index in [1.807, 2.05) is 12.1 Å². The smallest absolute Gasteiger partial charge is 0.180 e. The lowest BCUT2D eigenvalue weighted by molar-refractivity contribution is 0.597. The van der Waals surface area contributed by atoms with Gasteiger partial charge in [0.1, 0.15) is 0 Å². The van der Waals surface area contributed by atoms with Crippen LogP contribution in [0.15, 0.2) is 29.2 Å². The van der Waals surface area contributed by atoms with Gasteiger partial charge in [-0.3, -0.25) is 0 Å². The highest BCUT2D eigenvalue weighted by Crippen LogP contribution is 2.30. The average Bonchev–Trinajstić information content (AvgIpc) is 2.87. The molecule has 1 atom stereocenters. The van der Waals surface area contributed by atoms with Crippen LogP contribution in [0.25, 0.3) is 0 Å². The summed E-state index contributed by atoms with van der Waals surface area (Å²) in [6, 6.07) is 7.34. The second-order valence-electron chi connectivity index (χ2n) is 4.63. The van der Waals surface area contributed by atoms with Gasteiger partial charge in [-0.15, -0.1) is 0 Å². The topological polar surface area (TPSA) is 37.4 Å². The summed E-state index contributed by atoms with van der Waals surface area (Å²) in [5.41, 5.74) is 0.864. The molecule has 1 aliphatic heterocycles. The zero-order valence-electron chi connectivity index (χ0n) is 10.5. The van der Waals surface area contributed by atoms with E-state index in [1.54, 1.807) is 19.1 Å². The van der Waals surface area contributed by atoms with Gasteiger partial charge in [0.05, 0.1) is 16.3 Å². The highest BCUT2D eigenvalue weighted by molar-refractivity contribution is 9.09. The third-order valence-electron chi connectivity index (χ3n) is 3.43. The molecular weight excluding hydrogens is 314 g/mol. The van der Waals surface area contributed by atoms with Crippen LogP contribution in [0, 0.1) is 5.92 Å². The van der Waals surface area contributed by atoms with Gasteiger partial charge in [0.2, 0.25) is 0 Å². The molecule has 1 aromatic carbocycles. The number of hydrogen-bond acceptors (Lipinski definition) is 3. The van der Waals surface area contributed by atoms with E-state index in [9.17, 15) is 8.42 Å². The predicted octanol–water partition coefficient (Wildman–Crippen LogP) is 2.70. The molecule has 1 unspecified atom stereocenters. The molecule has 1 saturated heterocycles. The Hall–Kier alpha value is -0.550. The van der Waals surface area contributed by atoms with Crippen molar-refractivity contribution in [3.63, 3.8) is 0 Å². The molecule has 0 radical (unpaired) electrons. The van der Waals surface area contributed by atoms with Crippen molar-refractivity contribution in [2.75, 3.05) is 29.1 Å². The Morgan fingerprint density at radius 2 is 2.11 bits per heavy atom. The molecule has 0 bridgehead atoms. The van der Waals surface area contributed by atoms with Gasteiger partial charge in [-0.1, -0.05) is 35.0 Å². The first-order chi connectivity index (χ1) is 8.58. The third kappa shape index (κ3) is 2.72. The fourth-order valence-corrected chi connectivity index (χ4v) is 3.96. The largest absolute Gasteiger partial charge is 0.370 e. The van der Waals surface area contributed by atoms with Crippen LogP contribution < -0.4 is 4.90 Å². The van der Waals surface area contributed by atoms with Gasteiger partial charge in [0.25, 0.3) is 0 Å².